The fraction of sp³-hybridized carbons (Fsp3) is 0.435. The van der Waals surface area contributed by atoms with Crippen molar-refractivity contribution in [2.24, 2.45) is 11.8 Å². The molecule has 1 saturated heterocycles. The zero-order valence-electron chi connectivity index (χ0n) is 17.6. The highest BCUT2D eigenvalue weighted by atomic mass is 16.7. The van der Waals surface area contributed by atoms with Crippen molar-refractivity contribution in [2.75, 3.05) is 34.7 Å². The largest absolute Gasteiger partial charge is 0.493 e. The van der Waals surface area contributed by atoms with Crippen molar-refractivity contribution in [3.63, 3.8) is 0 Å². The van der Waals surface area contributed by atoms with Crippen LogP contribution in [0.1, 0.15) is 24.0 Å². The number of cyclic esters (lactones) is 1. The smallest absolute Gasteiger partial charge is 0.309 e. The Morgan fingerprint density at radius 2 is 1.67 bits per heavy atom. The number of carbonyl (C=O) groups is 1. The zero-order valence-corrected chi connectivity index (χ0v) is 17.6. The number of rotatable bonds is 7. The van der Waals surface area contributed by atoms with Gasteiger partial charge in [-0.1, -0.05) is 13.0 Å². The van der Waals surface area contributed by atoms with Crippen LogP contribution in [0.2, 0.25) is 0 Å². The summed E-state index contributed by atoms with van der Waals surface area (Å²) in [5.41, 5.74) is 2.02. The molecule has 7 nitrogen and oxygen atoms in total. The Balaban J connectivity index is 1.60. The van der Waals surface area contributed by atoms with Gasteiger partial charge in [0.1, 0.15) is 0 Å². The predicted octanol–water partition coefficient (Wildman–Crippen LogP) is 3.58. The molecule has 2 aliphatic rings. The Bertz CT molecular complexity index is 914. The maximum Gasteiger partial charge on any atom is 0.309 e. The summed E-state index contributed by atoms with van der Waals surface area (Å²) in [5.74, 6) is 2.66. The second-order valence-corrected chi connectivity index (χ2v) is 7.55. The first-order valence-electron chi connectivity index (χ1n) is 9.90. The highest BCUT2D eigenvalue weighted by Crippen LogP contribution is 2.44. The molecule has 3 atom stereocenters. The molecular formula is C23H26O7. The number of esters is 1. The number of hydrogen-bond donors (Lipinski definition) is 0. The third kappa shape index (κ3) is 3.60. The number of hydrogen-bond acceptors (Lipinski definition) is 7. The van der Waals surface area contributed by atoms with E-state index in [0.29, 0.717) is 30.3 Å². The molecule has 2 aliphatic heterocycles. The lowest BCUT2D eigenvalue weighted by molar-refractivity contribution is -0.141. The minimum absolute atomic E-state index is 0.0481. The summed E-state index contributed by atoms with van der Waals surface area (Å²) in [6.45, 7) is 2.67. The highest BCUT2D eigenvalue weighted by molar-refractivity contribution is 5.76. The van der Waals surface area contributed by atoms with E-state index in [1.807, 2.05) is 37.3 Å². The van der Waals surface area contributed by atoms with Gasteiger partial charge in [0.15, 0.2) is 23.0 Å². The summed E-state index contributed by atoms with van der Waals surface area (Å²) in [7, 11) is 4.73. The fourth-order valence-corrected chi connectivity index (χ4v) is 4.32. The van der Waals surface area contributed by atoms with Crippen LogP contribution in [-0.2, 0) is 16.0 Å². The monoisotopic (exact) mass is 414 g/mol. The number of fused-ring (bicyclic) bond motifs is 1. The van der Waals surface area contributed by atoms with Crippen LogP contribution in [0, 0.1) is 11.8 Å². The van der Waals surface area contributed by atoms with Crippen molar-refractivity contribution in [3.8, 4) is 28.7 Å². The van der Waals surface area contributed by atoms with Crippen molar-refractivity contribution < 1.29 is 33.2 Å². The second-order valence-electron chi connectivity index (χ2n) is 7.55. The fourth-order valence-electron chi connectivity index (χ4n) is 4.32. The van der Waals surface area contributed by atoms with Crippen molar-refractivity contribution in [1.29, 1.82) is 0 Å². The number of benzene rings is 2. The number of ether oxygens (including phenoxy) is 6. The van der Waals surface area contributed by atoms with Crippen LogP contribution in [0.25, 0.3) is 0 Å². The SMILES string of the molecule is COc1cc(C(C)[C@H]2C(=O)OC[C@@H]2Cc2ccc3c(c2)OCO3)cc(OC)c1OC. The van der Waals surface area contributed by atoms with E-state index in [-0.39, 0.29) is 30.5 Å². The number of methoxy groups -OCH3 is 3. The van der Waals surface area contributed by atoms with Gasteiger partial charge in [-0.25, -0.2) is 0 Å². The van der Waals surface area contributed by atoms with E-state index in [4.69, 9.17) is 28.4 Å². The first-order chi connectivity index (χ1) is 14.5. The van der Waals surface area contributed by atoms with Crippen molar-refractivity contribution in [1.82, 2.24) is 0 Å². The van der Waals surface area contributed by atoms with Gasteiger partial charge in [0.05, 0.1) is 33.9 Å². The van der Waals surface area contributed by atoms with Crippen LogP contribution in [0.5, 0.6) is 28.7 Å². The quantitative estimate of drug-likeness (QED) is 0.641. The third-order valence-corrected chi connectivity index (χ3v) is 5.91. The summed E-state index contributed by atoms with van der Waals surface area (Å²) < 4.78 is 32.7. The van der Waals surface area contributed by atoms with Gasteiger partial charge in [0.2, 0.25) is 12.5 Å². The topological polar surface area (TPSA) is 72.5 Å². The average molecular weight is 414 g/mol. The van der Waals surface area contributed by atoms with E-state index < -0.39 is 0 Å². The Kier molecular flexibility index (Phi) is 5.61. The van der Waals surface area contributed by atoms with Crippen LogP contribution < -0.4 is 23.7 Å². The summed E-state index contributed by atoms with van der Waals surface area (Å²) in [4.78, 5) is 12.7. The molecule has 0 bridgehead atoms. The van der Waals surface area contributed by atoms with E-state index in [2.05, 4.69) is 0 Å². The molecule has 0 radical (unpaired) electrons. The molecule has 30 heavy (non-hydrogen) atoms. The van der Waals surface area contributed by atoms with Gasteiger partial charge in [0.25, 0.3) is 0 Å². The summed E-state index contributed by atoms with van der Waals surface area (Å²) in [5, 5.41) is 0. The Hall–Kier alpha value is -3.09. The molecule has 0 aliphatic carbocycles. The van der Waals surface area contributed by atoms with Crippen molar-refractivity contribution >= 4 is 5.97 Å². The van der Waals surface area contributed by atoms with Gasteiger partial charge in [-0.05, 0) is 47.7 Å². The van der Waals surface area contributed by atoms with Gasteiger partial charge in [-0.3, -0.25) is 4.79 Å². The molecule has 2 aromatic carbocycles. The van der Waals surface area contributed by atoms with Crippen LogP contribution in [0.4, 0.5) is 0 Å². The van der Waals surface area contributed by atoms with Crippen molar-refractivity contribution in [3.05, 3.63) is 41.5 Å². The van der Waals surface area contributed by atoms with E-state index in [1.54, 1.807) is 21.3 Å². The van der Waals surface area contributed by atoms with Gasteiger partial charge in [-0.2, -0.15) is 0 Å². The molecule has 0 N–H and O–H groups in total. The first kappa shape index (κ1) is 20.2. The van der Waals surface area contributed by atoms with Gasteiger partial charge >= 0.3 is 5.97 Å². The average Bonchev–Trinajstić information content (AvgIpc) is 3.38. The Morgan fingerprint density at radius 1 is 0.967 bits per heavy atom. The Labute approximate surface area is 175 Å². The Morgan fingerprint density at radius 3 is 2.33 bits per heavy atom. The maximum atomic E-state index is 12.7. The lowest BCUT2D eigenvalue weighted by Crippen LogP contribution is -2.24. The normalized spacial score (nSPS) is 20.6. The van der Waals surface area contributed by atoms with Crippen LogP contribution >= 0.6 is 0 Å². The van der Waals surface area contributed by atoms with Crippen LogP contribution in [0.3, 0.4) is 0 Å². The first-order valence-corrected chi connectivity index (χ1v) is 9.90. The molecule has 4 rings (SSSR count). The maximum absolute atomic E-state index is 12.7. The minimum Gasteiger partial charge on any atom is -0.493 e. The molecule has 0 amide bonds. The summed E-state index contributed by atoms with van der Waals surface area (Å²) >= 11 is 0. The summed E-state index contributed by atoms with van der Waals surface area (Å²) in [6, 6.07) is 9.70. The number of carbonyl (C=O) groups excluding carboxylic acids is 1. The molecule has 1 unspecified atom stereocenters. The molecule has 1 fully saturated rings. The predicted molar refractivity (Wildman–Crippen MR) is 109 cm³/mol. The molecule has 2 heterocycles. The molecule has 7 heteroatoms. The molecule has 0 saturated carbocycles. The van der Waals surface area contributed by atoms with Crippen molar-refractivity contribution in [2.45, 2.75) is 19.3 Å². The van der Waals surface area contributed by atoms with Gasteiger partial charge in [-0.15, -0.1) is 0 Å². The van der Waals surface area contributed by atoms with E-state index in [0.717, 1.165) is 22.6 Å². The van der Waals surface area contributed by atoms with Gasteiger partial charge < -0.3 is 28.4 Å². The molecule has 2 aromatic rings. The zero-order chi connectivity index (χ0) is 21.3. The molecule has 0 aromatic heterocycles. The van der Waals surface area contributed by atoms with Crippen LogP contribution in [0.15, 0.2) is 30.3 Å². The lowest BCUT2D eigenvalue weighted by Gasteiger charge is -2.24. The van der Waals surface area contributed by atoms with Gasteiger partial charge in [0, 0.05) is 5.92 Å². The van der Waals surface area contributed by atoms with E-state index in [1.165, 1.54) is 0 Å². The van der Waals surface area contributed by atoms with E-state index in [9.17, 15) is 4.79 Å². The molecular weight excluding hydrogens is 388 g/mol. The molecule has 0 spiro atoms. The lowest BCUT2D eigenvalue weighted by atomic mass is 9.78. The van der Waals surface area contributed by atoms with Crippen LogP contribution in [-0.4, -0.2) is 40.7 Å². The second kappa shape index (κ2) is 8.34. The summed E-state index contributed by atoms with van der Waals surface area (Å²) in [6.07, 6.45) is 0.710. The molecule has 160 valence electrons. The van der Waals surface area contributed by atoms with E-state index >= 15 is 0 Å². The highest BCUT2D eigenvalue weighted by Gasteiger charge is 2.41. The third-order valence-electron chi connectivity index (χ3n) is 5.91. The standard InChI is InChI=1S/C23H26O7/c1-13(15-9-19(25-2)22(27-4)20(10-15)26-3)21-16(11-28-23(21)24)7-14-5-6-17-18(8-14)30-12-29-17/h5-6,8-10,13,16,21H,7,11-12H2,1-4H3/t13?,16-,21+/m0/s1. The minimum atomic E-state index is -0.279.